The van der Waals surface area contributed by atoms with Crippen molar-refractivity contribution in [2.24, 2.45) is 0 Å². The van der Waals surface area contributed by atoms with Crippen molar-refractivity contribution in [3.8, 4) is 0 Å². The van der Waals surface area contributed by atoms with Gasteiger partial charge in [0.15, 0.2) is 0 Å². The monoisotopic (exact) mass is 493 g/mol. The molecule has 0 saturated carbocycles. The SMILES string of the molecule is c1ccc(N(c2ccccc2)c2ccccc2)cc1.c1ccc2[nH]nnc2c1.c1ccc2cnccc2c1. The van der Waals surface area contributed by atoms with Crippen molar-refractivity contribution in [1.29, 1.82) is 0 Å². The van der Waals surface area contributed by atoms with Crippen molar-refractivity contribution in [3.63, 3.8) is 0 Å². The van der Waals surface area contributed by atoms with Crippen LogP contribution in [0.1, 0.15) is 0 Å². The summed E-state index contributed by atoms with van der Waals surface area (Å²) in [5, 5.41) is 12.6. The van der Waals surface area contributed by atoms with Crippen molar-refractivity contribution in [3.05, 3.63) is 158 Å². The molecule has 38 heavy (non-hydrogen) atoms. The topological polar surface area (TPSA) is 57.7 Å². The van der Waals surface area contributed by atoms with Crippen molar-refractivity contribution in [2.75, 3.05) is 4.90 Å². The zero-order valence-electron chi connectivity index (χ0n) is 20.8. The van der Waals surface area contributed by atoms with Crippen LogP contribution in [-0.2, 0) is 0 Å². The van der Waals surface area contributed by atoms with E-state index in [1.54, 1.807) is 0 Å². The summed E-state index contributed by atoms with van der Waals surface area (Å²) in [6.07, 6.45) is 3.68. The van der Waals surface area contributed by atoms with Crippen LogP contribution in [0, 0.1) is 0 Å². The van der Waals surface area contributed by atoms with Gasteiger partial charge in [-0.2, -0.15) is 0 Å². The Kier molecular flexibility index (Phi) is 8.10. The molecule has 0 saturated heterocycles. The Hall–Kier alpha value is -5.29. The van der Waals surface area contributed by atoms with E-state index in [4.69, 9.17) is 0 Å². The Morgan fingerprint density at radius 3 is 1.53 bits per heavy atom. The fourth-order valence-corrected chi connectivity index (χ4v) is 3.99. The number of hydrogen-bond donors (Lipinski definition) is 1. The first-order valence-electron chi connectivity index (χ1n) is 12.4. The third kappa shape index (κ3) is 6.28. The van der Waals surface area contributed by atoms with Gasteiger partial charge in [0.25, 0.3) is 0 Å². The van der Waals surface area contributed by atoms with Crippen LogP contribution in [-0.4, -0.2) is 20.4 Å². The van der Waals surface area contributed by atoms with Gasteiger partial charge in [0.05, 0.1) is 5.52 Å². The molecule has 0 unspecified atom stereocenters. The van der Waals surface area contributed by atoms with Crippen LogP contribution >= 0.6 is 0 Å². The van der Waals surface area contributed by atoms with E-state index in [1.165, 1.54) is 27.8 Å². The van der Waals surface area contributed by atoms with E-state index in [1.807, 2.05) is 73.1 Å². The van der Waals surface area contributed by atoms with Gasteiger partial charge in [0.1, 0.15) is 5.52 Å². The molecule has 5 heteroatoms. The van der Waals surface area contributed by atoms with Gasteiger partial charge in [-0.25, -0.2) is 0 Å². The molecule has 1 N–H and O–H groups in total. The van der Waals surface area contributed by atoms with Crippen LogP contribution in [0.5, 0.6) is 0 Å². The first kappa shape index (κ1) is 24.4. The highest BCUT2D eigenvalue weighted by Crippen LogP contribution is 2.33. The van der Waals surface area contributed by atoms with Gasteiger partial charge in [-0.05, 0) is 65.4 Å². The van der Waals surface area contributed by atoms with E-state index in [0.29, 0.717) is 0 Å². The summed E-state index contributed by atoms with van der Waals surface area (Å²) in [5.74, 6) is 0. The second-order valence-electron chi connectivity index (χ2n) is 8.39. The lowest BCUT2D eigenvalue weighted by Crippen LogP contribution is -2.09. The number of anilines is 3. The number of pyridine rings is 1. The lowest BCUT2D eigenvalue weighted by molar-refractivity contribution is 0.959. The van der Waals surface area contributed by atoms with Gasteiger partial charge in [-0.3, -0.25) is 10.1 Å². The van der Waals surface area contributed by atoms with Gasteiger partial charge >= 0.3 is 0 Å². The molecule has 0 amide bonds. The van der Waals surface area contributed by atoms with Crippen LogP contribution in [0.3, 0.4) is 0 Å². The Labute approximate surface area is 222 Å². The summed E-state index contributed by atoms with van der Waals surface area (Å²) in [4.78, 5) is 6.26. The van der Waals surface area contributed by atoms with E-state index in [-0.39, 0.29) is 0 Å². The van der Waals surface area contributed by atoms with Crippen LogP contribution in [0.15, 0.2) is 158 Å². The Balaban J connectivity index is 0.000000129. The number of aromatic nitrogens is 4. The van der Waals surface area contributed by atoms with Crippen LogP contribution < -0.4 is 4.90 Å². The fraction of sp³-hybridized carbons (Fsp3) is 0. The highest BCUT2D eigenvalue weighted by Gasteiger charge is 2.10. The molecule has 0 aliphatic heterocycles. The molecule has 0 atom stereocenters. The summed E-state index contributed by atoms with van der Waals surface area (Å²) >= 11 is 0. The Morgan fingerprint density at radius 1 is 0.474 bits per heavy atom. The summed E-state index contributed by atoms with van der Waals surface area (Å²) in [6, 6.07) is 49.2. The Morgan fingerprint density at radius 2 is 0.974 bits per heavy atom. The third-order valence-electron chi connectivity index (χ3n) is 5.83. The average molecular weight is 494 g/mol. The molecule has 0 fully saturated rings. The van der Waals surface area contributed by atoms with Crippen molar-refractivity contribution in [1.82, 2.24) is 20.4 Å². The first-order chi connectivity index (χ1) is 18.9. The summed E-state index contributed by atoms with van der Waals surface area (Å²) in [6.45, 7) is 0. The summed E-state index contributed by atoms with van der Waals surface area (Å²) in [5.41, 5.74) is 5.40. The number of para-hydroxylation sites is 4. The van der Waals surface area contributed by atoms with Crippen molar-refractivity contribution >= 4 is 38.9 Å². The molecule has 2 heterocycles. The van der Waals surface area contributed by atoms with E-state index in [0.717, 1.165) is 11.0 Å². The van der Waals surface area contributed by atoms with Gasteiger partial charge < -0.3 is 4.90 Å². The molecular formula is C33H27N5. The number of benzene rings is 5. The maximum Gasteiger partial charge on any atom is 0.112 e. The Bertz CT molecular complexity index is 1480. The second kappa shape index (κ2) is 12.6. The van der Waals surface area contributed by atoms with Crippen LogP contribution in [0.25, 0.3) is 21.8 Å². The smallest absolute Gasteiger partial charge is 0.112 e. The molecule has 2 aromatic heterocycles. The molecule has 0 radical (unpaired) electrons. The van der Waals surface area contributed by atoms with Crippen molar-refractivity contribution in [2.45, 2.75) is 0 Å². The molecular weight excluding hydrogens is 466 g/mol. The maximum atomic E-state index is 4.01. The number of nitrogens with zero attached hydrogens (tertiary/aromatic N) is 4. The predicted molar refractivity (Wildman–Crippen MR) is 157 cm³/mol. The molecule has 0 bridgehead atoms. The van der Waals surface area contributed by atoms with Crippen molar-refractivity contribution < 1.29 is 0 Å². The minimum Gasteiger partial charge on any atom is -0.311 e. The van der Waals surface area contributed by atoms with Gasteiger partial charge in [0, 0.05) is 29.5 Å². The van der Waals surface area contributed by atoms with Gasteiger partial charge in [0.2, 0.25) is 0 Å². The zero-order chi connectivity index (χ0) is 25.8. The second-order valence-corrected chi connectivity index (χ2v) is 8.39. The molecule has 7 rings (SSSR count). The normalized spacial score (nSPS) is 10.1. The molecule has 0 spiro atoms. The summed E-state index contributed by atoms with van der Waals surface area (Å²) in [7, 11) is 0. The van der Waals surface area contributed by atoms with E-state index < -0.39 is 0 Å². The number of fused-ring (bicyclic) bond motifs is 2. The third-order valence-corrected chi connectivity index (χ3v) is 5.83. The minimum atomic E-state index is 0.914. The van der Waals surface area contributed by atoms with E-state index in [2.05, 4.69) is 110 Å². The number of aromatic amines is 1. The predicted octanol–water partition coefficient (Wildman–Crippen LogP) is 8.35. The highest BCUT2D eigenvalue weighted by molar-refractivity contribution is 5.81. The molecule has 5 nitrogen and oxygen atoms in total. The average Bonchev–Trinajstić information content (AvgIpc) is 3.49. The molecule has 7 aromatic rings. The van der Waals surface area contributed by atoms with Gasteiger partial charge in [-0.1, -0.05) is 96.2 Å². The van der Waals surface area contributed by atoms with Crippen LogP contribution in [0.4, 0.5) is 17.1 Å². The standard InChI is InChI=1S/C18H15N.C9H7N.C6H5N3/c1-4-10-16(11-5-1)19(17-12-6-2-7-13-17)18-14-8-3-9-15-18;1-2-4-9-7-10-6-5-8(9)3-1;1-2-4-6-5(3-1)7-9-8-6/h1-15H;1-7H;1-4H,(H,7,8,9). The summed E-state index contributed by atoms with van der Waals surface area (Å²) < 4.78 is 0. The van der Waals surface area contributed by atoms with E-state index >= 15 is 0 Å². The lowest BCUT2D eigenvalue weighted by Gasteiger charge is -2.25. The quantitative estimate of drug-likeness (QED) is 0.269. The molecule has 0 aliphatic carbocycles. The number of rotatable bonds is 3. The minimum absolute atomic E-state index is 0.914. The van der Waals surface area contributed by atoms with Gasteiger partial charge in [-0.15, -0.1) is 5.10 Å². The zero-order valence-corrected chi connectivity index (χ0v) is 20.8. The highest BCUT2D eigenvalue weighted by atomic mass is 15.3. The maximum absolute atomic E-state index is 4.01. The van der Waals surface area contributed by atoms with Crippen LogP contribution in [0.2, 0.25) is 0 Å². The first-order valence-corrected chi connectivity index (χ1v) is 12.4. The lowest BCUT2D eigenvalue weighted by atomic mass is 10.2. The molecule has 0 aliphatic rings. The molecule has 184 valence electrons. The van der Waals surface area contributed by atoms with E-state index in [9.17, 15) is 0 Å². The number of H-pyrrole nitrogens is 1. The molecule has 5 aromatic carbocycles. The largest absolute Gasteiger partial charge is 0.311 e. The fourth-order valence-electron chi connectivity index (χ4n) is 3.99. The number of hydrogen-bond acceptors (Lipinski definition) is 4. The number of nitrogens with one attached hydrogen (secondary N) is 1.